The molecular formula is C15H20ClN3O2S. The van der Waals surface area contributed by atoms with Crippen molar-refractivity contribution in [3.63, 3.8) is 0 Å². The maximum atomic E-state index is 12.9. The van der Waals surface area contributed by atoms with Crippen molar-refractivity contribution in [1.82, 2.24) is 9.62 Å². The molecule has 2 unspecified atom stereocenters. The molecule has 0 amide bonds. The molecule has 1 N–H and O–H groups in total. The highest BCUT2D eigenvalue weighted by Gasteiger charge is 2.38. The Labute approximate surface area is 137 Å². The number of halogens is 1. The van der Waals surface area contributed by atoms with Crippen LogP contribution in [0.25, 0.3) is 0 Å². The number of benzene rings is 1. The lowest BCUT2D eigenvalue weighted by Gasteiger charge is -2.34. The largest absolute Gasteiger partial charge is 0.314 e. The van der Waals surface area contributed by atoms with E-state index in [1.54, 1.807) is 23.4 Å². The van der Waals surface area contributed by atoms with Crippen molar-refractivity contribution in [3.05, 3.63) is 29.3 Å². The number of nitrogens with one attached hydrogen (secondary N) is 1. The highest BCUT2D eigenvalue weighted by atomic mass is 35.5. The third-order valence-corrected chi connectivity index (χ3v) is 6.56. The summed E-state index contributed by atoms with van der Waals surface area (Å²) in [4.78, 5) is 0.269. The predicted molar refractivity (Wildman–Crippen MR) is 86.4 cm³/mol. The van der Waals surface area contributed by atoms with Crippen LogP contribution in [-0.4, -0.2) is 38.4 Å². The van der Waals surface area contributed by atoms with E-state index >= 15 is 0 Å². The van der Waals surface area contributed by atoms with Crippen molar-refractivity contribution in [2.75, 3.05) is 19.6 Å². The van der Waals surface area contributed by atoms with Crippen molar-refractivity contribution >= 4 is 22.4 Å². The van der Waals surface area contributed by atoms with Crippen LogP contribution in [-0.2, 0) is 10.0 Å². The van der Waals surface area contributed by atoms with Gasteiger partial charge in [0.1, 0.15) is 0 Å². The molecule has 0 spiro atoms. The van der Waals surface area contributed by atoms with Gasteiger partial charge >= 0.3 is 0 Å². The summed E-state index contributed by atoms with van der Waals surface area (Å²) in [7, 11) is -3.51. The number of hydrogen-bond donors (Lipinski definition) is 1. The second-order valence-electron chi connectivity index (χ2n) is 5.85. The molecule has 22 heavy (non-hydrogen) atoms. The topological polar surface area (TPSA) is 73.2 Å². The molecule has 120 valence electrons. The molecule has 0 radical (unpaired) electrons. The van der Waals surface area contributed by atoms with Crippen LogP contribution in [0.5, 0.6) is 0 Å². The second kappa shape index (κ2) is 6.55. The van der Waals surface area contributed by atoms with Gasteiger partial charge in [-0.3, -0.25) is 0 Å². The zero-order chi connectivity index (χ0) is 15.0. The molecule has 7 heteroatoms. The molecule has 0 aliphatic carbocycles. The number of hydrogen-bond acceptors (Lipinski definition) is 4. The molecule has 2 aliphatic heterocycles. The molecule has 2 fully saturated rings. The van der Waals surface area contributed by atoms with Crippen LogP contribution < -0.4 is 5.32 Å². The Kier molecular flexibility index (Phi) is 5.13. The first-order valence-electron chi connectivity index (χ1n) is 7.26. The van der Waals surface area contributed by atoms with Crippen molar-refractivity contribution in [1.29, 1.82) is 5.26 Å². The van der Waals surface area contributed by atoms with Crippen molar-refractivity contribution in [2.24, 2.45) is 5.92 Å². The lowest BCUT2D eigenvalue weighted by Crippen LogP contribution is -2.46. The van der Waals surface area contributed by atoms with E-state index in [0.29, 0.717) is 36.2 Å². The van der Waals surface area contributed by atoms with Gasteiger partial charge in [0, 0.05) is 19.1 Å². The van der Waals surface area contributed by atoms with E-state index in [2.05, 4.69) is 5.32 Å². The summed E-state index contributed by atoms with van der Waals surface area (Å²) in [5, 5.41) is 12.4. The SMILES string of the molecule is Cc1ccc(C#N)cc1S(=O)(=O)N1CCC2NCCC2C1.Cl. The molecule has 0 aromatic heterocycles. The van der Waals surface area contributed by atoms with Crippen LogP contribution in [0.2, 0.25) is 0 Å². The van der Waals surface area contributed by atoms with Gasteiger partial charge in [0.2, 0.25) is 10.0 Å². The van der Waals surface area contributed by atoms with Gasteiger partial charge in [0.25, 0.3) is 0 Å². The molecule has 0 bridgehead atoms. The highest BCUT2D eigenvalue weighted by molar-refractivity contribution is 7.89. The van der Waals surface area contributed by atoms with Crippen LogP contribution in [0.1, 0.15) is 24.0 Å². The van der Waals surface area contributed by atoms with E-state index in [1.807, 2.05) is 6.07 Å². The average Bonchev–Trinajstić information content (AvgIpc) is 2.95. The highest BCUT2D eigenvalue weighted by Crippen LogP contribution is 2.29. The van der Waals surface area contributed by atoms with Crippen LogP contribution in [0.15, 0.2) is 23.1 Å². The quantitative estimate of drug-likeness (QED) is 0.888. The van der Waals surface area contributed by atoms with E-state index in [0.717, 1.165) is 19.4 Å². The summed E-state index contributed by atoms with van der Waals surface area (Å²) in [6.07, 6.45) is 1.90. The lowest BCUT2D eigenvalue weighted by atomic mass is 9.95. The van der Waals surface area contributed by atoms with Gasteiger partial charge in [-0.15, -0.1) is 12.4 Å². The monoisotopic (exact) mass is 341 g/mol. The number of rotatable bonds is 2. The Morgan fingerprint density at radius 3 is 2.86 bits per heavy atom. The number of nitriles is 1. The first kappa shape index (κ1) is 17.2. The molecule has 1 aromatic carbocycles. The Balaban J connectivity index is 0.00000176. The number of sulfonamides is 1. The predicted octanol–water partition coefficient (Wildman–Crippen LogP) is 1.66. The van der Waals surface area contributed by atoms with E-state index in [4.69, 9.17) is 5.26 Å². The van der Waals surface area contributed by atoms with Gasteiger partial charge in [0.05, 0.1) is 16.5 Å². The third kappa shape index (κ3) is 2.99. The molecule has 0 saturated carbocycles. The van der Waals surface area contributed by atoms with Gasteiger partial charge < -0.3 is 5.32 Å². The molecule has 2 atom stereocenters. The fraction of sp³-hybridized carbons (Fsp3) is 0.533. The Morgan fingerprint density at radius 1 is 1.36 bits per heavy atom. The number of piperidine rings is 1. The molecule has 2 aliphatic rings. The minimum atomic E-state index is -3.51. The van der Waals surface area contributed by atoms with Crippen molar-refractivity contribution < 1.29 is 8.42 Å². The summed E-state index contributed by atoms with van der Waals surface area (Å²) in [6.45, 7) is 3.88. The van der Waals surface area contributed by atoms with E-state index in [9.17, 15) is 8.42 Å². The van der Waals surface area contributed by atoms with Crippen LogP contribution in [0.3, 0.4) is 0 Å². The fourth-order valence-electron chi connectivity index (χ4n) is 3.32. The first-order valence-corrected chi connectivity index (χ1v) is 8.70. The molecule has 3 rings (SSSR count). The maximum absolute atomic E-state index is 12.9. The smallest absolute Gasteiger partial charge is 0.243 e. The minimum Gasteiger partial charge on any atom is -0.314 e. The zero-order valence-corrected chi connectivity index (χ0v) is 14.1. The molecule has 2 heterocycles. The zero-order valence-electron chi connectivity index (χ0n) is 12.4. The Hall–Kier alpha value is -1.13. The second-order valence-corrected chi connectivity index (χ2v) is 7.76. The van der Waals surface area contributed by atoms with Crippen molar-refractivity contribution in [3.8, 4) is 6.07 Å². The number of fused-ring (bicyclic) bond motifs is 1. The molecule has 2 saturated heterocycles. The summed E-state index contributed by atoms with van der Waals surface area (Å²) in [6, 6.07) is 7.32. The first-order chi connectivity index (χ1) is 10.0. The number of nitrogens with zero attached hydrogens (tertiary/aromatic N) is 2. The van der Waals surface area contributed by atoms with Gasteiger partial charge in [0.15, 0.2) is 0 Å². The van der Waals surface area contributed by atoms with Gasteiger partial charge in [-0.05, 0) is 49.9 Å². The Morgan fingerprint density at radius 2 is 2.14 bits per heavy atom. The van der Waals surface area contributed by atoms with Crippen molar-refractivity contribution in [2.45, 2.75) is 30.7 Å². The molecule has 5 nitrogen and oxygen atoms in total. The lowest BCUT2D eigenvalue weighted by molar-refractivity contribution is 0.247. The summed E-state index contributed by atoms with van der Waals surface area (Å²) in [5.74, 6) is 0.410. The van der Waals surface area contributed by atoms with Gasteiger partial charge in [-0.2, -0.15) is 9.57 Å². The summed E-state index contributed by atoms with van der Waals surface area (Å²) < 4.78 is 27.3. The van der Waals surface area contributed by atoms with E-state index in [1.165, 1.54) is 6.07 Å². The van der Waals surface area contributed by atoms with Crippen LogP contribution >= 0.6 is 12.4 Å². The maximum Gasteiger partial charge on any atom is 0.243 e. The summed E-state index contributed by atoms with van der Waals surface area (Å²) >= 11 is 0. The Bertz CT molecular complexity index is 699. The fourth-order valence-corrected chi connectivity index (χ4v) is 5.08. The van der Waals surface area contributed by atoms with Crippen LogP contribution in [0.4, 0.5) is 0 Å². The molecule has 1 aromatic rings. The van der Waals surface area contributed by atoms with E-state index in [-0.39, 0.29) is 17.3 Å². The normalized spacial score (nSPS) is 25.1. The summed E-state index contributed by atoms with van der Waals surface area (Å²) in [5.41, 5.74) is 1.08. The van der Waals surface area contributed by atoms with E-state index < -0.39 is 10.0 Å². The van der Waals surface area contributed by atoms with Gasteiger partial charge in [-0.1, -0.05) is 6.07 Å². The standard InChI is InChI=1S/C15H19N3O2S.ClH/c1-11-2-3-12(9-16)8-15(11)21(19,20)18-7-5-14-13(10-18)4-6-17-14;/h2-3,8,13-14,17H,4-7,10H2,1H3;1H. The van der Waals surface area contributed by atoms with Crippen LogP contribution in [0, 0.1) is 24.2 Å². The third-order valence-electron chi connectivity index (χ3n) is 4.55. The average molecular weight is 342 g/mol. The molecular weight excluding hydrogens is 322 g/mol. The minimum absolute atomic E-state index is 0. The van der Waals surface area contributed by atoms with Gasteiger partial charge in [-0.25, -0.2) is 8.42 Å². The number of aryl methyl sites for hydroxylation is 1.